The molecule has 122 valence electrons. The number of carbonyl (C=O) groups is 1. The second-order valence-corrected chi connectivity index (χ2v) is 7.45. The van der Waals surface area contributed by atoms with Gasteiger partial charge in [0.25, 0.3) is 0 Å². The molecule has 0 unspecified atom stereocenters. The van der Waals surface area contributed by atoms with Crippen LogP contribution in [0.2, 0.25) is 0 Å². The number of benzene rings is 1. The fraction of sp³-hybridized carbons (Fsp3) is 0.611. The Morgan fingerprint density at radius 1 is 1.23 bits per heavy atom. The molecule has 22 heavy (non-hydrogen) atoms. The van der Waals surface area contributed by atoms with Gasteiger partial charge < -0.3 is 10.2 Å². The van der Waals surface area contributed by atoms with E-state index in [0.29, 0.717) is 11.7 Å². The summed E-state index contributed by atoms with van der Waals surface area (Å²) in [5, 5.41) is 3.09. The summed E-state index contributed by atoms with van der Waals surface area (Å²) >= 11 is 1.72. The average molecular weight is 321 g/mol. The number of para-hydroxylation sites is 2. The zero-order valence-corrected chi connectivity index (χ0v) is 14.6. The Morgan fingerprint density at radius 3 is 2.68 bits per heavy atom. The van der Waals surface area contributed by atoms with Crippen molar-refractivity contribution in [2.45, 2.75) is 39.5 Å². The van der Waals surface area contributed by atoms with Gasteiger partial charge in [-0.05, 0) is 49.5 Å². The van der Waals surface area contributed by atoms with E-state index in [1.165, 1.54) is 31.4 Å². The molecular weight excluding hydrogens is 292 g/mol. The molecule has 1 saturated heterocycles. The van der Waals surface area contributed by atoms with Crippen molar-refractivity contribution in [2.75, 3.05) is 34.8 Å². The Kier molecular flexibility index (Phi) is 7.10. The van der Waals surface area contributed by atoms with E-state index >= 15 is 0 Å². The second kappa shape index (κ2) is 9.09. The number of hydrogen-bond acceptors (Lipinski definition) is 3. The maximum Gasteiger partial charge on any atom is 0.234 e. The topological polar surface area (TPSA) is 32.3 Å². The van der Waals surface area contributed by atoms with Gasteiger partial charge in [0.05, 0.1) is 17.1 Å². The van der Waals surface area contributed by atoms with Crippen molar-refractivity contribution in [3.63, 3.8) is 0 Å². The summed E-state index contributed by atoms with van der Waals surface area (Å²) < 4.78 is 0. The highest BCUT2D eigenvalue weighted by atomic mass is 32.2. The maximum atomic E-state index is 12.1. The van der Waals surface area contributed by atoms with E-state index in [4.69, 9.17) is 0 Å². The summed E-state index contributed by atoms with van der Waals surface area (Å²) in [6.45, 7) is 6.62. The van der Waals surface area contributed by atoms with E-state index in [1.807, 2.05) is 12.1 Å². The first-order chi connectivity index (χ1) is 10.7. The number of nitrogens with one attached hydrogen (secondary N) is 1. The SMILES string of the molecule is CC(C)CCSCC(=O)Nc1ccccc1N1CCCCC1. The minimum absolute atomic E-state index is 0.109. The largest absolute Gasteiger partial charge is 0.370 e. The van der Waals surface area contributed by atoms with E-state index in [1.54, 1.807) is 11.8 Å². The molecule has 3 nitrogen and oxygen atoms in total. The average Bonchev–Trinajstić information content (AvgIpc) is 2.53. The summed E-state index contributed by atoms with van der Waals surface area (Å²) in [6.07, 6.45) is 4.97. The van der Waals surface area contributed by atoms with Gasteiger partial charge in [-0.1, -0.05) is 26.0 Å². The molecule has 1 aliphatic rings. The van der Waals surface area contributed by atoms with E-state index in [0.717, 1.165) is 24.5 Å². The molecule has 0 bridgehead atoms. The zero-order valence-electron chi connectivity index (χ0n) is 13.8. The summed E-state index contributed by atoms with van der Waals surface area (Å²) in [5.41, 5.74) is 2.13. The molecule has 1 N–H and O–H groups in total. The Balaban J connectivity index is 1.87. The molecule has 4 heteroatoms. The van der Waals surface area contributed by atoms with Crippen LogP contribution in [-0.2, 0) is 4.79 Å². The van der Waals surface area contributed by atoms with Crippen LogP contribution >= 0.6 is 11.8 Å². The molecule has 1 aromatic carbocycles. The van der Waals surface area contributed by atoms with E-state index in [9.17, 15) is 4.79 Å². The van der Waals surface area contributed by atoms with Gasteiger partial charge in [0.2, 0.25) is 5.91 Å². The number of amides is 1. The standard InChI is InChI=1S/C18H28N2OS/c1-15(2)10-13-22-14-18(21)19-16-8-4-5-9-17(16)20-11-6-3-7-12-20/h4-5,8-9,15H,3,6-7,10-14H2,1-2H3,(H,19,21). The molecule has 0 aliphatic carbocycles. The number of thioether (sulfide) groups is 1. The fourth-order valence-electron chi connectivity index (χ4n) is 2.66. The molecule has 1 fully saturated rings. The van der Waals surface area contributed by atoms with Gasteiger partial charge in [-0.3, -0.25) is 4.79 Å². The van der Waals surface area contributed by atoms with Gasteiger partial charge >= 0.3 is 0 Å². The normalized spacial score (nSPS) is 15.1. The molecule has 0 saturated carbocycles. The number of rotatable bonds is 7. The lowest BCUT2D eigenvalue weighted by molar-refractivity contribution is -0.113. The van der Waals surface area contributed by atoms with Gasteiger partial charge in [-0.2, -0.15) is 11.8 Å². The minimum atomic E-state index is 0.109. The Hall–Kier alpha value is -1.16. The molecular formula is C18H28N2OS. The first kappa shape index (κ1) is 17.2. The van der Waals surface area contributed by atoms with Gasteiger partial charge in [-0.25, -0.2) is 0 Å². The highest BCUT2D eigenvalue weighted by Crippen LogP contribution is 2.28. The molecule has 0 spiro atoms. The van der Waals surface area contributed by atoms with E-state index in [-0.39, 0.29) is 5.91 Å². The Bertz CT molecular complexity index is 470. The molecule has 0 radical (unpaired) electrons. The smallest absolute Gasteiger partial charge is 0.234 e. The minimum Gasteiger partial charge on any atom is -0.370 e. The third-order valence-corrected chi connectivity index (χ3v) is 4.94. The van der Waals surface area contributed by atoms with Crippen LogP contribution in [0.4, 0.5) is 11.4 Å². The van der Waals surface area contributed by atoms with Gasteiger partial charge in [-0.15, -0.1) is 0 Å². The van der Waals surface area contributed by atoms with E-state index in [2.05, 4.69) is 36.2 Å². The van der Waals surface area contributed by atoms with E-state index < -0.39 is 0 Å². The molecule has 1 aromatic rings. The van der Waals surface area contributed by atoms with Crippen molar-refractivity contribution in [1.82, 2.24) is 0 Å². The van der Waals surface area contributed by atoms with Gasteiger partial charge in [0, 0.05) is 13.1 Å². The van der Waals surface area contributed by atoms with Crippen LogP contribution in [-0.4, -0.2) is 30.5 Å². The van der Waals surface area contributed by atoms with Crippen molar-refractivity contribution < 1.29 is 4.79 Å². The van der Waals surface area contributed by atoms with Gasteiger partial charge in [0.1, 0.15) is 0 Å². The number of nitrogens with zero attached hydrogens (tertiary/aromatic N) is 1. The van der Waals surface area contributed by atoms with Crippen LogP contribution in [0, 0.1) is 5.92 Å². The van der Waals surface area contributed by atoms with Crippen LogP contribution in [0.25, 0.3) is 0 Å². The highest BCUT2D eigenvalue weighted by molar-refractivity contribution is 7.99. The van der Waals surface area contributed by atoms with Crippen molar-refractivity contribution in [3.8, 4) is 0 Å². The first-order valence-electron chi connectivity index (χ1n) is 8.38. The van der Waals surface area contributed by atoms with Crippen molar-refractivity contribution in [2.24, 2.45) is 5.92 Å². The Morgan fingerprint density at radius 2 is 1.95 bits per heavy atom. The lowest BCUT2D eigenvalue weighted by Crippen LogP contribution is -2.30. The van der Waals surface area contributed by atoms with Crippen LogP contribution < -0.4 is 10.2 Å². The number of hydrogen-bond donors (Lipinski definition) is 1. The fourth-order valence-corrected chi connectivity index (χ4v) is 3.70. The summed E-state index contributed by atoms with van der Waals surface area (Å²) in [6, 6.07) is 8.18. The first-order valence-corrected chi connectivity index (χ1v) is 9.54. The lowest BCUT2D eigenvalue weighted by Gasteiger charge is -2.30. The highest BCUT2D eigenvalue weighted by Gasteiger charge is 2.15. The van der Waals surface area contributed by atoms with Crippen LogP contribution in [0.3, 0.4) is 0 Å². The predicted octanol–water partition coefficient (Wildman–Crippen LogP) is 4.39. The number of anilines is 2. The molecule has 2 rings (SSSR count). The second-order valence-electron chi connectivity index (χ2n) is 6.35. The third kappa shape index (κ3) is 5.56. The quantitative estimate of drug-likeness (QED) is 0.756. The summed E-state index contributed by atoms with van der Waals surface area (Å²) in [7, 11) is 0. The zero-order chi connectivity index (χ0) is 15.8. The number of carbonyl (C=O) groups excluding carboxylic acids is 1. The molecule has 1 aliphatic heterocycles. The third-order valence-electron chi connectivity index (χ3n) is 3.95. The van der Waals surface area contributed by atoms with Gasteiger partial charge in [0.15, 0.2) is 0 Å². The predicted molar refractivity (Wildman–Crippen MR) is 97.9 cm³/mol. The van der Waals surface area contributed by atoms with Crippen molar-refractivity contribution in [3.05, 3.63) is 24.3 Å². The molecule has 0 atom stereocenters. The molecule has 1 amide bonds. The van der Waals surface area contributed by atoms with Crippen molar-refractivity contribution >= 4 is 29.0 Å². The molecule has 1 heterocycles. The summed E-state index contributed by atoms with van der Waals surface area (Å²) in [5.74, 6) is 2.41. The van der Waals surface area contributed by atoms with Crippen LogP contribution in [0.1, 0.15) is 39.5 Å². The summed E-state index contributed by atoms with van der Waals surface area (Å²) in [4.78, 5) is 14.5. The molecule has 0 aromatic heterocycles. The monoisotopic (exact) mass is 320 g/mol. The lowest BCUT2D eigenvalue weighted by atomic mass is 10.1. The maximum absolute atomic E-state index is 12.1. The van der Waals surface area contributed by atoms with Crippen LogP contribution in [0.5, 0.6) is 0 Å². The van der Waals surface area contributed by atoms with Crippen molar-refractivity contribution in [1.29, 1.82) is 0 Å². The Labute approximate surface area is 138 Å². The number of piperidine rings is 1. The van der Waals surface area contributed by atoms with Crippen LogP contribution in [0.15, 0.2) is 24.3 Å².